The molecule has 122 valence electrons. The predicted molar refractivity (Wildman–Crippen MR) is 95.4 cm³/mol. The molecule has 6 heteroatoms. The van der Waals surface area contributed by atoms with Crippen molar-refractivity contribution >= 4 is 40.1 Å². The van der Waals surface area contributed by atoms with E-state index in [4.69, 9.17) is 27.9 Å². The van der Waals surface area contributed by atoms with Crippen molar-refractivity contribution in [1.82, 2.24) is 4.98 Å². The SMILES string of the molecule is COc1ccc(-c2cc(C(=O)O)c3cc(Cl)cc(C)c3n2)cc1Cl. The lowest BCUT2D eigenvalue weighted by Crippen LogP contribution is -2.01. The highest BCUT2D eigenvalue weighted by atomic mass is 35.5. The van der Waals surface area contributed by atoms with Gasteiger partial charge >= 0.3 is 5.97 Å². The molecule has 0 spiro atoms. The van der Waals surface area contributed by atoms with Crippen molar-refractivity contribution < 1.29 is 14.6 Å². The van der Waals surface area contributed by atoms with E-state index < -0.39 is 5.97 Å². The highest BCUT2D eigenvalue weighted by Crippen LogP contribution is 2.33. The standard InChI is InChI=1S/C18H13Cl2NO3/c1-9-5-11(19)7-12-13(18(22)23)8-15(21-17(9)12)10-3-4-16(24-2)14(20)6-10/h3-8H,1-2H3,(H,22,23). The van der Waals surface area contributed by atoms with Gasteiger partial charge in [-0.2, -0.15) is 0 Å². The van der Waals surface area contributed by atoms with Crippen LogP contribution in [0, 0.1) is 6.92 Å². The fourth-order valence-electron chi connectivity index (χ4n) is 2.61. The van der Waals surface area contributed by atoms with E-state index in [0.29, 0.717) is 38.0 Å². The van der Waals surface area contributed by atoms with Crippen LogP contribution < -0.4 is 4.74 Å². The average Bonchev–Trinajstić information content (AvgIpc) is 2.53. The monoisotopic (exact) mass is 361 g/mol. The Balaban J connectivity index is 2.30. The molecule has 0 unspecified atom stereocenters. The van der Waals surface area contributed by atoms with E-state index in [0.717, 1.165) is 5.56 Å². The first-order valence-corrected chi connectivity index (χ1v) is 7.84. The Morgan fingerprint density at radius 1 is 1.17 bits per heavy atom. The first-order chi connectivity index (χ1) is 11.4. The molecular weight excluding hydrogens is 349 g/mol. The van der Waals surface area contributed by atoms with E-state index in [1.807, 2.05) is 6.92 Å². The number of rotatable bonds is 3. The van der Waals surface area contributed by atoms with E-state index in [1.54, 1.807) is 30.3 Å². The number of ether oxygens (including phenoxy) is 1. The van der Waals surface area contributed by atoms with E-state index in [-0.39, 0.29) is 5.56 Å². The molecule has 0 aliphatic rings. The molecule has 0 atom stereocenters. The largest absolute Gasteiger partial charge is 0.495 e. The first kappa shape index (κ1) is 16.6. The zero-order chi connectivity index (χ0) is 17.4. The van der Waals surface area contributed by atoms with Gasteiger partial charge in [-0.25, -0.2) is 9.78 Å². The number of halogens is 2. The number of fused-ring (bicyclic) bond motifs is 1. The van der Waals surface area contributed by atoms with Crippen LogP contribution in [0.2, 0.25) is 10.0 Å². The molecule has 3 rings (SSSR count). The summed E-state index contributed by atoms with van der Waals surface area (Å²) in [6, 6.07) is 10.1. The van der Waals surface area contributed by atoms with Gasteiger partial charge in [0.2, 0.25) is 0 Å². The Kier molecular flexibility index (Phi) is 4.35. The van der Waals surface area contributed by atoms with E-state index >= 15 is 0 Å². The minimum absolute atomic E-state index is 0.146. The number of pyridine rings is 1. The third-order valence-corrected chi connectivity index (χ3v) is 4.26. The van der Waals surface area contributed by atoms with Crippen molar-refractivity contribution in [2.75, 3.05) is 7.11 Å². The summed E-state index contributed by atoms with van der Waals surface area (Å²) in [5, 5.41) is 11.0. The van der Waals surface area contributed by atoms with Crippen LogP contribution in [0.1, 0.15) is 15.9 Å². The van der Waals surface area contributed by atoms with Gasteiger partial charge in [-0.3, -0.25) is 0 Å². The molecule has 0 aliphatic heterocycles. The summed E-state index contributed by atoms with van der Waals surface area (Å²) in [5.41, 5.74) is 2.78. The Morgan fingerprint density at radius 3 is 2.54 bits per heavy atom. The molecule has 3 aromatic rings. The van der Waals surface area contributed by atoms with Gasteiger partial charge in [0, 0.05) is 16.0 Å². The summed E-state index contributed by atoms with van der Waals surface area (Å²) in [7, 11) is 1.53. The van der Waals surface area contributed by atoms with E-state index in [2.05, 4.69) is 4.98 Å². The maximum Gasteiger partial charge on any atom is 0.336 e. The second-order valence-corrected chi connectivity index (χ2v) is 6.17. The number of carboxylic acids is 1. The zero-order valence-electron chi connectivity index (χ0n) is 12.9. The second-order valence-electron chi connectivity index (χ2n) is 5.33. The number of aryl methyl sites for hydroxylation is 1. The van der Waals surface area contributed by atoms with Crippen molar-refractivity contribution in [2.45, 2.75) is 6.92 Å². The van der Waals surface area contributed by atoms with Gasteiger partial charge in [-0.1, -0.05) is 23.2 Å². The lowest BCUT2D eigenvalue weighted by atomic mass is 10.0. The van der Waals surface area contributed by atoms with Gasteiger partial charge in [0.1, 0.15) is 5.75 Å². The van der Waals surface area contributed by atoms with Crippen LogP contribution in [-0.4, -0.2) is 23.2 Å². The summed E-state index contributed by atoms with van der Waals surface area (Å²) in [6.45, 7) is 1.84. The molecule has 0 radical (unpaired) electrons. The van der Waals surface area contributed by atoms with Crippen LogP contribution >= 0.6 is 23.2 Å². The average molecular weight is 362 g/mol. The Bertz CT molecular complexity index is 970. The Labute approximate surface area is 148 Å². The van der Waals surface area contributed by atoms with E-state index in [9.17, 15) is 9.90 Å². The predicted octanol–water partition coefficient (Wildman–Crippen LogP) is 5.22. The molecule has 2 aromatic carbocycles. The van der Waals surface area contributed by atoms with Gasteiger partial charge in [0.25, 0.3) is 0 Å². The first-order valence-electron chi connectivity index (χ1n) is 7.09. The van der Waals surface area contributed by atoms with Crippen molar-refractivity contribution in [1.29, 1.82) is 0 Å². The molecule has 0 amide bonds. The minimum Gasteiger partial charge on any atom is -0.495 e. The van der Waals surface area contributed by atoms with Crippen molar-refractivity contribution in [3.8, 4) is 17.0 Å². The molecule has 1 aromatic heterocycles. The Morgan fingerprint density at radius 2 is 1.92 bits per heavy atom. The lowest BCUT2D eigenvalue weighted by molar-refractivity contribution is 0.0699. The van der Waals surface area contributed by atoms with Gasteiger partial charge < -0.3 is 9.84 Å². The number of aromatic carboxylic acids is 1. The fraction of sp³-hybridized carbons (Fsp3) is 0.111. The lowest BCUT2D eigenvalue weighted by Gasteiger charge is -2.11. The molecule has 0 saturated heterocycles. The molecule has 0 aliphatic carbocycles. The molecule has 0 fully saturated rings. The normalized spacial score (nSPS) is 10.8. The van der Waals surface area contributed by atoms with Crippen LogP contribution in [0.4, 0.5) is 0 Å². The van der Waals surface area contributed by atoms with Crippen LogP contribution in [-0.2, 0) is 0 Å². The highest BCUT2D eigenvalue weighted by molar-refractivity contribution is 6.32. The smallest absolute Gasteiger partial charge is 0.336 e. The summed E-state index contributed by atoms with van der Waals surface area (Å²) in [6.07, 6.45) is 0. The fourth-order valence-corrected chi connectivity index (χ4v) is 3.14. The molecule has 1 N–H and O–H groups in total. The third kappa shape index (κ3) is 2.90. The summed E-state index contributed by atoms with van der Waals surface area (Å²) in [5.74, 6) is -0.493. The third-order valence-electron chi connectivity index (χ3n) is 3.75. The highest BCUT2D eigenvalue weighted by Gasteiger charge is 2.16. The number of methoxy groups -OCH3 is 1. The second kappa shape index (κ2) is 6.30. The molecule has 0 saturated carbocycles. The number of carbonyl (C=O) groups is 1. The molecule has 0 bridgehead atoms. The molecule has 24 heavy (non-hydrogen) atoms. The number of aromatic nitrogens is 1. The van der Waals surface area contributed by atoms with Gasteiger partial charge in [-0.15, -0.1) is 0 Å². The summed E-state index contributed by atoms with van der Waals surface area (Å²) in [4.78, 5) is 16.3. The number of hydrogen-bond donors (Lipinski definition) is 1. The van der Waals surface area contributed by atoms with Crippen molar-refractivity contribution in [3.63, 3.8) is 0 Å². The summed E-state index contributed by atoms with van der Waals surface area (Å²) >= 11 is 12.2. The molecule has 4 nitrogen and oxygen atoms in total. The maximum absolute atomic E-state index is 11.7. The van der Waals surface area contributed by atoms with E-state index in [1.165, 1.54) is 13.2 Å². The van der Waals surface area contributed by atoms with Gasteiger partial charge in [-0.05, 0) is 48.9 Å². The summed E-state index contributed by atoms with van der Waals surface area (Å²) < 4.78 is 5.14. The number of nitrogens with zero attached hydrogens (tertiary/aromatic N) is 1. The van der Waals surface area contributed by atoms with Gasteiger partial charge in [0.15, 0.2) is 0 Å². The van der Waals surface area contributed by atoms with Crippen LogP contribution in [0.15, 0.2) is 36.4 Å². The number of carboxylic acid groups (broad SMARTS) is 1. The van der Waals surface area contributed by atoms with Crippen LogP contribution in [0.25, 0.3) is 22.2 Å². The van der Waals surface area contributed by atoms with Crippen molar-refractivity contribution in [3.05, 3.63) is 57.6 Å². The molecule has 1 heterocycles. The maximum atomic E-state index is 11.7. The van der Waals surface area contributed by atoms with Gasteiger partial charge in [0.05, 0.1) is 28.9 Å². The van der Waals surface area contributed by atoms with Crippen LogP contribution in [0.5, 0.6) is 5.75 Å². The number of benzene rings is 2. The molecular formula is C18H13Cl2NO3. The zero-order valence-corrected chi connectivity index (χ0v) is 14.4. The van der Waals surface area contributed by atoms with Crippen LogP contribution in [0.3, 0.4) is 0 Å². The minimum atomic E-state index is -1.04. The Hall–Kier alpha value is -2.30. The quantitative estimate of drug-likeness (QED) is 0.694. The van der Waals surface area contributed by atoms with Crippen molar-refractivity contribution in [2.24, 2.45) is 0 Å². The topological polar surface area (TPSA) is 59.4 Å². The number of hydrogen-bond acceptors (Lipinski definition) is 3.